The van der Waals surface area contributed by atoms with Gasteiger partial charge in [-0.1, -0.05) is 26.2 Å². The van der Waals surface area contributed by atoms with Crippen molar-refractivity contribution >= 4 is 5.97 Å². The predicted molar refractivity (Wildman–Crippen MR) is 72.7 cm³/mol. The predicted octanol–water partition coefficient (Wildman–Crippen LogP) is 2.48. The third kappa shape index (κ3) is 3.35. The summed E-state index contributed by atoms with van der Waals surface area (Å²) >= 11 is 0. The van der Waals surface area contributed by atoms with E-state index >= 15 is 0 Å². The number of carbonyl (C=O) groups excluding carboxylic acids is 1. The Kier molecular flexibility index (Phi) is 4.58. The Hall–Kier alpha value is -1.36. The summed E-state index contributed by atoms with van der Waals surface area (Å²) in [7, 11) is 0. The number of ether oxygens (including phenoxy) is 1. The maximum Gasteiger partial charge on any atom is 0.356 e. The van der Waals surface area contributed by atoms with Crippen LogP contribution in [0.4, 0.5) is 0 Å². The summed E-state index contributed by atoms with van der Waals surface area (Å²) in [6.45, 7) is 2.63. The van der Waals surface area contributed by atoms with E-state index < -0.39 is 0 Å². The van der Waals surface area contributed by atoms with Crippen molar-refractivity contribution in [2.45, 2.75) is 57.4 Å². The molecule has 19 heavy (non-hydrogen) atoms. The number of carbonyl (C=O) groups is 1. The van der Waals surface area contributed by atoms with E-state index in [2.05, 4.69) is 16.9 Å². The zero-order valence-electron chi connectivity index (χ0n) is 11.6. The standard InChI is InChI=1S/C14H23N3O2/c1-2-3-4-5-9-19-12(18)11-10-16-13(17-11)14(15)7-6-8-14/h10H,2-9,15H2,1H3,(H,16,17). The van der Waals surface area contributed by atoms with Crippen LogP contribution in [-0.2, 0) is 10.3 Å². The van der Waals surface area contributed by atoms with E-state index in [0.29, 0.717) is 18.1 Å². The van der Waals surface area contributed by atoms with Gasteiger partial charge in [0, 0.05) is 0 Å². The molecule has 0 spiro atoms. The highest BCUT2D eigenvalue weighted by molar-refractivity contribution is 5.87. The number of nitrogens with one attached hydrogen (secondary N) is 1. The molecule has 0 amide bonds. The highest BCUT2D eigenvalue weighted by atomic mass is 16.5. The molecule has 0 aromatic carbocycles. The molecule has 1 aliphatic carbocycles. The first-order chi connectivity index (χ1) is 9.15. The molecule has 0 unspecified atom stereocenters. The van der Waals surface area contributed by atoms with Gasteiger partial charge in [0.25, 0.3) is 0 Å². The van der Waals surface area contributed by atoms with Crippen molar-refractivity contribution in [1.82, 2.24) is 9.97 Å². The van der Waals surface area contributed by atoms with Crippen molar-refractivity contribution in [2.24, 2.45) is 5.73 Å². The molecule has 5 heteroatoms. The number of hydrogen-bond acceptors (Lipinski definition) is 4. The Morgan fingerprint density at radius 3 is 2.89 bits per heavy atom. The normalized spacial score (nSPS) is 16.9. The van der Waals surface area contributed by atoms with Crippen LogP contribution in [0.15, 0.2) is 6.20 Å². The summed E-state index contributed by atoms with van der Waals surface area (Å²) in [4.78, 5) is 19.0. The monoisotopic (exact) mass is 265 g/mol. The minimum absolute atomic E-state index is 0.335. The maximum absolute atomic E-state index is 11.8. The van der Waals surface area contributed by atoms with E-state index in [1.807, 2.05) is 0 Å². The molecule has 1 aromatic heterocycles. The molecule has 0 radical (unpaired) electrons. The summed E-state index contributed by atoms with van der Waals surface area (Å²) in [5.41, 5.74) is 6.19. The number of nitrogens with two attached hydrogens (primary N) is 1. The highest BCUT2D eigenvalue weighted by Crippen LogP contribution is 2.36. The number of imidazole rings is 1. The lowest BCUT2D eigenvalue weighted by Crippen LogP contribution is -2.44. The number of aromatic nitrogens is 2. The van der Waals surface area contributed by atoms with Gasteiger partial charge in [0.2, 0.25) is 0 Å². The lowest BCUT2D eigenvalue weighted by atomic mass is 9.77. The molecule has 1 heterocycles. The summed E-state index contributed by atoms with van der Waals surface area (Å²) < 4.78 is 5.20. The zero-order valence-corrected chi connectivity index (χ0v) is 11.6. The lowest BCUT2D eigenvalue weighted by Gasteiger charge is -2.35. The minimum Gasteiger partial charge on any atom is -0.461 e. The highest BCUT2D eigenvalue weighted by Gasteiger charge is 2.37. The topological polar surface area (TPSA) is 81.0 Å². The molecule has 1 saturated carbocycles. The summed E-state index contributed by atoms with van der Waals surface area (Å²) in [6.07, 6.45) is 8.87. The minimum atomic E-state index is -0.361. The van der Waals surface area contributed by atoms with Gasteiger partial charge in [0.05, 0.1) is 18.3 Å². The van der Waals surface area contributed by atoms with Crippen molar-refractivity contribution < 1.29 is 9.53 Å². The molecule has 106 valence electrons. The molecule has 1 aliphatic rings. The van der Waals surface area contributed by atoms with Gasteiger partial charge < -0.3 is 15.5 Å². The Labute approximate surface area is 113 Å². The molecule has 0 bridgehead atoms. The lowest BCUT2D eigenvalue weighted by molar-refractivity contribution is 0.0491. The van der Waals surface area contributed by atoms with Crippen molar-refractivity contribution in [3.63, 3.8) is 0 Å². The van der Waals surface area contributed by atoms with Crippen LogP contribution in [0, 0.1) is 0 Å². The van der Waals surface area contributed by atoms with Gasteiger partial charge in [-0.15, -0.1) is 0 Å². The molecule has 5 nitrogen and oxygen atoms in total. The molecule has 0 atom stereocenters. The van der Waals surface area contributed by atoms with Gasteiger partial charge in [-0.25, -0.2) is 9.78 Å². The average Bonchev–Trinajstić information content (AvgIpc) is 2.85. The number of nitrogens with zero attached hydrogens (tertiary/aromatic N) is 1. The second-order valence-corrected chi connectivity index (χ2v) is 5.35. The maximum atomic E-state index is 11.8. The van der Waals surface area contributed by atoms with E-state index in [9.17, 15) is 4.79 Å². The van der Waals surface area contributed by atoms with Gasteiger partial charge in [-0.3, -0.25) is 0 Å². The second kappa shape index (κ2) is 6.19. The van der Waals surface area contributed by atoms with Crippen LogP contribution < -0.4 is 5.73 Å². The number of rotatable bonds is 7. The second-order valence-electron chi connectivity index (χ2n) is 5.35. The Balaban J connectivity index is 1.79. The number of unbranched alkanes of at least 4 members (excludes halogenated alkanes) is 3. The quantitative estimate of drug-likeness (QED) is 0.586. The fraction of sp³-hybridized carbons (Fsp3) is 0.714. The van der Waals surface area contributed by atoms with Gasteiger partial charge in [0.15, 0.2) is 0 Å². The summed E-state index contributed by atoms with van der Waals surface area (Å²) in [5.74, 6) is 0.370. The fourth-order valence-corrected chi connectivity index (χ4v) is 2.24. The molecular formula is C14H23N3O2. The van der Waals surface area contributed by atoms with E-state index in [-0.39, 0.29) is 11.5 Å². The Bertz CT molecular complexity index is 424. The van der Waals surface area contributed by atoms with E-state index in [1.165, 1.54) is 19.0 Å². The van der Waals surface area contributed by atoms with Crippen LogP contribution in [0.25, 0.3) is 0 Å². The smallest absolute Gasteiger partial charge is 0.356 e. The van der Waals surface area contributed by atoms with Gasteiger partial charge in [-0.2, -0.15) is 0 Å². The Morgan fingerprint density at radius 2 is 2.26 bits per heavy atom. The number of aromatic amines is 1. The number of esters is 1. The van der Waals surface area contributed by atoms with Crippen LogP contribution in [0.5, 0.6) is 0 Å². The third-order valence-corrected chi connectivity index (χ3v) is 3.74. The molecule has 0 aliphatic heterocycles. The van der Waals surface area contributed by atoms with E-state index in [4.69, 9.17) is 10.5 Å². The third-order valence-electron chi connectivity index (χ3n) is 3.74. The SMILES string of the molecule is CCCCCCOC(=O)c1cnc(C2(N)CCC2)[nH]1. The van der Waals surface area contributed by atoms with Crippen molar-refractivity contribution in [3.8, 4) is 0 Å². The molecule has 3 N–H and O–H groups in total. The molecule has 2 rings (SSSR count). The summed E-state index contributed by atoms with van der Waals surface area (Å²) in [6, 6.07) is 0. The van der Waals surface area contributed by atoms with Crippen LogP contribution in [0.3, 0.4) is 0 Å². The molecule has 1 fully saturated rings. The van der Waals surface area contributed by atoms with Crippen molar-refractivity contribution in [2.75, 3.05) is 6.61 Å². The van der Waals surface area contributed by atoms with Crippen molar-refractivity contribution in [3.05, 3.63) is 17.7 Å². The number of hydrogen-bond donors (Lipinski definition) is 2. The molecular weight excluding hydrogens is 242 g/mol. The number of H-pyrrole nitrogens is 1. The zero-order chi connectivity index (χ0) is 13.7. The summed E-state index contributed by atoms with van der Waals surface area (Å²) in [5, 5.41) is 0. The van der Waals surface area contributed by atoms with Crippen molar-refractivity contribution in [1.29, 1.82) is 0 Å². The molecule has 1 aromatic rings. The van der Waals surface area contributed by atoms with E-state index in [1.54, 1.807) is 0 Å². The first-order valence-corrected chi connectivity index (χ1v) is 7.17. The van der Waals surface area contributed by atoms with Gasteiger partial charge >= 0.3 is 5.97 Å². The van der Waals surface area contributed by atoms with Crippen LogP contribution in [0.1, 0.15) is 68.2 Å². The van der Waals surface area contributed by atoms with Gasteiger partial charge in [0.1, 0.15) is 11.5 Å². The van der Waals surface area contributed by atoms with Crippen LogP contribution in [-0.4, -0.2) is 22.5 Å². The first-order valence-electron chi connectivity index (χ1n) is 7.17. The Morgan fingerprint density at radius 1 is 1.47 bits per heavy atom. The van der Waals surface area contributed by atoms with Crippen LogP contribution >= 0.6 is 0 Å². The first kappa shape index (κ1) is 14.1. The largest absolute Gasteiger partial charge is 0.461 e. The fourth-order valence-electron chi connectivity index (χ4n) is 2.24. The van der Waals surface area contributed by atoms with E-state index in [0.717, 1.165) is 32.1 Å². The van der Waals surface area contributed by atoms with Gasteiger partial charge in [-0.05, 0) is 25.7 Å². The molecule has 0 saturated heterocycles. The van der Waals surface area contributed by atoms with Crippen LogP contribution in [0.2, 0.25) is 0 Å². The average molecular weight is 265 g/mol.